The van der Waals surface area contributed by atoms with Gasteiger partial charge in [-0.3, -0.25) is 4.79 Å². The predicted octanol–water partition coefficient (Wildman–Crippen LogP) is 2.44. The van der Waals surface area contributed by atoms with Crippen LogP contribution in [-0.4, -0.2) is 54.2 Å². The molecule has 0 N–H and O–H groups in total. The average molecular weight is 397 g/mol. The number of anilines is 1. The van der Waals surface area contributed by atoms with E-state index in [0.29, 0.717) is 5.69 Å². The maximum atomic E-state index is 12.9. The third-order valence-corrected chi connectivity index (χ3v) is 7.12. The molecule has 1 saturated heterocycles. The normalized spacial score (nSPS) is 21.4. The summed E-state index contributed by atoms with van der Waals surface area (Å²) in [5, 5.41) is 1.20. The van der Waals surface area contributed by atoms with Crippen LogP contribution in [0.3, 0.4) is 0 Å². The molecule has 1 aromatic rings. The summed E-state index contributed by atoms with van der Waals surface area (Å²) in [4.78, 5) is 16.6. The van der Waals surface area contributed by atoms with Crippen LogP contribution in [0, 0.1) is 0 Å². The van der Waals surface area contributed by atoms with Gasteiger partial charge in [0.05, 0.1) is 17.5 Å². The van der Waals surface area contributed by atoms with Crippen LogP contribution in [0.15, 0.2) is 41.8 Å². The number of rotatable bonds is 4. The van der Waals surface area contributed by atoms with Gasteiger partial charge in [0, 0.05) is 24.2 Å². The van der Waals surface area contributed by atoms with Crippen LogP contribution in [-0.2, 0) is 14.6 Å². The number of para-hydroxylation sites is 1. The van der Waals surface area contributed by atoms with Gasteiger partial charge in [0.1, 0.15) is 4.32 Å². The van der Waals surface area contributed by atoms with E-state index in [4.69, 9.17) is 12.2 Å². The second-order valence-corrected chi connectivity index (χ2v) is 9.61. The first kappa shape index (κ1) is 18.4. The second kappa shape index (κ2) is 7.88. The standard InChI is InChI=1S/C17H20N2O3S3/c20-16(12-24-17(23)18-9-4-5-10-18)19(14-6-2-1-3-7-14)15-8-11-25(21,22)13-15/h1-3,6-8,11,15H,4-5,9-10,12-13H2/t15-/m1/s1. The number of hydrogen-bond acceptors (Lipinski definition) is 5. The van der Waals surface area contributed by atoms with Gasteiger partial charge in [-0.25, -0.2) is 8.42 Å². The highest BCUT2D eigenvalue weighted by Crippen LogP contribution is 2.24. The molecule has 0 radical (unpaired) electrons. The number of carbonyl (C=O) groups is 1. The monoisotopic (exact) mass is 396 g/mol. The van der Waals surface area contributed by atoms with Crippen molar-refractivity contribution in [2.24, 2.45) is 0 Å². The predicted molar refractivity (Wildman–Crippen MR) is 107 cm³/mol. The molecule has 134 valence electrons. The summed E-state index contributed by atoms with van der Waals surface area (Å²) >= 11 is 6.77. The van der Waals surface area contributed by atoms with E-state index in [2.05, 4.69) is 4.90 Å². The van der Waals surface area contributed by atoms with Crippen molar-refractivity contribution in [3.63, 3.8) is 0 Å². The highest BCUT2D eigenvalue weighted by molar-refractivity contribution is 8.23. The van der Waals surface area contributed by atoms with E-state index in [1.807, 2.05) is 30.3 Å². The fraction of sp³-hybridized carbons (Fsp3) is 0.412. The molecule has 1 atom stereocenters. The van der Waals surface area contributed by atoms with Crippen molar-refractivity contribution in [1.82, 2.24) is 4.90 Å². The Morgan fingerprint density at radius 1 is 1.24 bits per heavy atom. The third kappa shape index (κ3) is 4.62. The topological polar surface area (TPSA) is 57.7 Å². The van der Waals surface area contributed by atoms with Crippen molar-refractivity contribution in [3.05, 3.63) is 41.8 Å². The molecule has 0 aliphatic carbocycles. The van der Waals surface area contributed by atoms with Crippen LogP contribution >= 0.6 is 24.0 Å². The van der Waals surface area contributed by atoms with Gasteiger partial charge >= 0.3 is 0 Å². The highest BCUT2D eigenvalue weighted by atomic mass is 32.2. The quantitative estimate of drug-likeness (QED) is 0.729. The molecule has 5 nitrogen and oxygen atoms in total. The van der Waals surface area contributed by atoms with E-state index < -0.39 is 15.9 Å². The molecular formula is C17H20N2O3S3. The van der Waals surface area contributed by atoms with Gasteiger partial charge in [0.15, 0.2) is 9.84 Å². The van der Waals surface area contributed by atoms with Crippen molar-refractivity contribution in [2.45, 2.75) is 18.9 Å². The summed E-state index contributed by atoms with van der Waals surface area (Å²) in [6.45, 7) is 1.90. The van der Waals surface area contributed by atoms with Gasteiger partial charge in [-0.15, -0.1) is 0 Å². The molecule has 3 rings (SSSR count). The van der Waals surface area contributed by atoms with Crippen LogP contribution in [0.2, 0.25) is 0 Å². The van der Waals surface area contributed by atoms with E-state index in [-0.39, 0.29) is 17.4 Å². The summed E-state index contributed by atoms with van der Waals surface area (Å²) in [7, 11) is -3.24. The van der Waals surface area contributed by atoms with Crippen molar-refractivity contribution in [2.75, 3.05) is 29.5 Å². The molecule has 0 saturated carbocycles. The minimum Gasteiger partial charge on any atom is -0.358 e. The molecule has 0 spiro atoms. The number of nitrogens with zero attached hydrogens (tertiary/aromatic N) is 2. The molecule has 1 amide bonds. The zero-order valence-corrected chi connectivity index (χ0v) is 16.2. The average Bonchev–Trinajstić information content (AvgIpc) is 3.24. The molecule has 8 heteroatoms. The Morgan fingerprint density at radius 3 is 2.52 bits per heavy atom. The van der Waals surface area contributed by atoms with Gasteiger partial charge in [-0.05, 0) is 31.1 Å². The third-order valence-electron chi connectivity index (χ3n) is 4.23. The van der Waals surface area contributed by atoms with Crippen LogP contribution < -0.4 is 4.90 Å². The molecule has 2 aliphatic rings. The number of hydrogen-bond donors (Lipinski definition) is 0. The Morgan fingerprint density at radius 2 is 1.92 bits per heavy atom. The van der Waals surface area contributed by atoms with E-state index in [1.54, 1.807) is 11.0 Å². The lowest BCUT2D eigenvalue weighted by Gasteiger charge is -2.28. The Kier molecular flexibility index (Phi) is 5.81. The number of carbonyl (C=O) groups excluding carboxylic acids is 1. The Hall–Kier alpha value is -1.38. The Balaban J connectivity index is 1.71. The number of amides is 1. The summed E-state index contributed by atoms with van der Waals surface area (Å²) in [6.07, 6.45) is 3.86. The molecule has 2 aliphatic heterocycles. The lowest BCUT2D eigenvalue weighted by Crippen LogP contribution is -2.42. The van der Waals surface area contributed by atoms with Gasteiger partial charge in [0.2, 0.25) is 5.91 Å². The molecule has 0 unspecified atom stereocenters. The van der Waals surface area contributed by atoms with Gasteiger partial charge < -0.3 is 9.80 Å². The molecular weight excluding hydrogens is 376 g/mol. The van der Waals surface area contributed by atoms with Crippen LogP contribution in [0.5, 0.6) is 0 Å². The number of thioether (sulfide) groups is 1. The zero-order valence-electron chi connectivity index (χ0n) is 13.7. The van der Waals surface area contributed by atoms with Crippen LogP contribution in [0.1, 0.15) is 12.8 Å². The summed E-state index contributed by atoms with van der Waals surface area (Å²) in [5.74, 6) is -0.00627. The summed E-state index contributed by atoms with van der Waals surface area (Å²) in [6, 6.07) is 8.71. The van der Waals surface area contributed by atoms with E-state index >= 15 is 0 Å². The second-order valence-electron chi connectivity index (χ2n) is 6.07. The maximum Gasteiger partial charge on any atom is 0.238 e. The van der Waals surface area contributed by atoms with Gasteiger partial charge in [-0.2, -0.15) is 0 Å². The molecule has 1 fully saturated rings. The number of benzene rings is 1. The molecule has 2 heterocycles. The molecule has 25 heavy (non-hydrogen) atoms. The lowest BCUT2D eigenvalue weighted by molar-refractivity contribution is -0.116. The van der Waals surface area contributed by atoms with E-state index in [0.717, 1.165) is 30.3 Å². The van der Waals surface area contributed by atoms with Crippen molar-refractivity contribution >= 4 is 49.7 Å². The first-order valence-electron chi connectivity index (χ1n) is 8.16. The molecule has 1 aromatic carbocycles. The number of likely N-dealkylation sites (tertiary alicyclic amines) is 1. The zero-order chi connectivity index (χ0) is 17.9. The van der Waals surface area contributed by atoms with Gasteiger partial charge in [-0.1, -0.05) is 42.2 Å². The molecule has 0 bridgehead atoms. The minimum atomic E-state index is -3.24. The highest BCUT2D eigenvalue weighted by Gasteiger charge is 2.31. The van der Waals surface area contributed by atoms with Gasteiger partial charge in [0.25, 0.3) is 0 Å². The summed E-state index contributed by atoms with van der Waals surface area (Å²) < 4.78 is 24.3. The van der Waals surface area contributed by atoms with Crippen LogP contribution in [0.25, 0.3) is 0 Å². The van der Waals surface area contributed by atoms with Crippen molar-refractivity contribution in [3.8, 4) is 0 Å². The summed E-state index contributed by atoms with van der Waals surface area (Å²) in [5.41, 5.74) is 0.701. The van der Waals surface area contributed by atoms with Crippen molar-refractivity contribution in [1.29, 1.82) is 0 Å². The molecule has 0 aromatic heterocycles. The van der Waals surface area contributed by atoms with E-state index in [1.165, 1.54) is 17.2 Å². The largest absolute Gasteiger partial charge is 0.358 e. The van der Waals surface area contributed by atoms with E-state index in [9.17, 15) is 13.2 Å². The fourth-order valence-corrected chi connectivity index (χ4v) is 5.39. The van der Waals surface area contributed by atoms with Crippen LogP contribution in [0.4, 0.5) is 5.69 Å². The SMILES string of the molecule is O=C(CSC(=S)N1CCCC1)N(c1ccccc1)[C@@H]1C=CS(=O)(=O)C1. The Bertz CT molecular complexity index is 772. The fourth-order valence-electron chi connectivity index (χ4n) is 3.01. The minimum absolute atomic E-state index is 0.0745. The number of thiocarbonyl (C=S) groups is 1. The lowest BCUT2D eigenvalue weighted by atomic mass is 10.2. The first-order valence-corrected chi connectivity index (χ1v) is 11.3. The Labute approximate surface area is 158 Å². The first-order chi connectivity index (χ1) is 12.0. The number of sulfone groups is 1. The maximum absolute atomic E-state index is 12.9. The smallest absolute Gasteiger partial charge is 0.238 e. The van der Waals surface area contributed by atoms with Crippen molar-refractivity contribution < 1.29 is 13.2 Å².